The molecule has 1 saturated heterocycles. The van der Waals surface area contributed by atoms with Crippen LogP contribution in [0.5, 0.6) is 5.75 Å². The summed E-state index contributed by atoms with van der Waals surface area (Å²) in [6.07, 6.45) is 5.11. The number of anilines is 2. The lowest BCUT2D eigenvalue weighted by atomic mass is 10.1. The molecule has 1 aliphatic heterocycles. The summed E-state index contributed by atoms with van der Waals surface area (Å²) in [7, 11) is 0. The molecule has 154 valence electrons. The number of nitrogen functional groups attached to an aromatic ring is 2. The summed E-state index contributed by atoms with van der Waals surface area (Å²) in [5.74, 6) is 0.909. The molecule has 0 amide bonds. The van der Waals surface area contributed by atoms with Crippen molar-refractivity contribution < 1.29 is 4.74 Å². The average Bonchev–Trinajstić information content (AvgIpc) is 3.04. The number of ether oxygens (including phenoxy) is 1. The van der Waals surface area contributed by atoms with E-state index in [0.29, 0.717) is 0 Å². The van der Waals surface area contributed by atoms with E-state index in [0.717, 1.165) is 65.4 Å². The molecule has 4 N–H and O–H groups in total. The smallest absolute Gasteiger partial charge is 0.121 e. The zero-order valence-electron chi connectivity index (χ0n) is 17.4. The predicted octanol–water partition coefficient (Wildman–Crippen LogP) is 4.75. The first-order valence-electron chi connectivity index (χ1n) is 10.8. The van der Waals surface area contributed by atoms with Crippen LogP contribution in [0.25, 0.3) is 22.2 Å². The number of benzene rings is 2. The molecule has 0 saturated carbocycles. The number of hydrogen-bond donors (Lipinski definition) is 2. The van der Waals surface area contributed by atoms with Gasteiger partial charge in [-0.05, 0) is 63.5 Å². The van der Waals surface area contributed by atoms with Gasteiger partial charge in [-0.2, -0.15) is 0 Å². The number of likely N-dealkylation sites (tertiary alicyclic amines) is 1. The van der Waals surface area contributed by atoms with Crippen LogP contribution >= 0.6 is 0 Å². The van der Waals surface area contributed by atoms with Gasteiger partial charge in [0.2, 0.25) is 0 Å². The van der Waals surface area contributed by atoms with E-state index in [1.807, 2.05) is 30.3 Å². The number of nitrogens with two attached hydrogens (primary N) is 2. The molecule has 0 unspecified atom stereocenters. The number of aromatic nitrogens is 1. The molecule has 1 aromatic heterocycles. The maximum absolute atomic E-state index is 6.54. The molecular weight excluding hydrogens is 360 g/mol. The second kappa shape index (κ2) is 8.78. The highest BCUT2D eigenvalue weighted by atomic mass is 16.5. The van der Waals surface area contributed by atoms with Gasteiger partial charge < -0.3 is 25.7 Å². The van der Waals surface area contributed by atoms with Gasteiger partial charge in [0, 0.05) is 35.8 Å². The van der Waals surface area contributed by atoms with Crippen LogP contribution in [0.4, 0.5) is 11.4 Å². The Morgan fingerprint density at radius 1 is 0.966 bits per heavy atom. The van der Waals surface area contributed by atoms with E-state index in [4.69, 9.17) is 16.2 Å². The Bertz CT molecular complexity index is 955. The SMILES string of the molecule is CCn1c(-c2ccc(N)cc2)c(N)c2ccc(OCCCN3CCCCC3)cc21. The van der Waals surface area contributed by atoms with Gasteiger partial charge in [0.05, 0.1) is 23.5 Å². The molecular formula is C24H32N4O. The fraction of sp³-hybridized carbons (Fsp3) is 0.417. The lowest BCUT2D eigenvalue weighted by molar-refractivity contribution is 0.205. The molecule has 5 heteroatoms. The zero-order chi connectivity index (χ0) is 20.2. The topological polar surface area (TPSA) is 69.4 Å². The van der Waals surface area contributed by atoms with Gasteiger partial charge in [0.1, 0.15) is 5.75 Å². The first kappa shape index (κ1) is 19.6. The summed E-state index contributed by atoms with van der Waals surface area (Å²) in [5, 5.41) is 1.07. The molecule has 0 atom stereocenters. The standard InChI is InChI=1S/C24H32N4O/c1-2-28-22-17-20(29-16-6-15-27-13-4-3-5-14-27)11-12-21(22)23(26)24(28)18-7-9-19(25)10-8-18/h7-12,17H,2-6,13-16,25-26H2,1H3. The minimum absolute atomic E-state index is 0.745. The Hall–Kier alpha value is -2.66. The van der Waals surface area contributed by atoms with Gasteiger partial charge in [-0.3, -0.25) is 0 Å². The van der Waals surface area contributed by atoms with Gasteiger partial charge in [-0.1, -0.05) is 18.6 Å². The number of nitrogens with zero attached hydrogens (tertiary/aromatic N) is 2. The number of fused-ring (bicyclic) bond motifs is 1. The quantitative estimate of drug-likeness (QED) is 0.450. The van der Waals surface area contributed by atoms with E-state index in [-0.39, 0.29) is 0 Å². The van der Waals surface area contributed by atoms with Gasteiger partial charge in [-0.25, -0.2) is 0 Å². The summed E-state index contributed by atoms with van der Waals surface area (Å²) < 4.78 is 8.34. The molecule has 1 aliphatic rings. The molecule has 0 aliphatic carbocycles. The molecule has 3 aromatic rings. The van der Waals surface area contributed by atoms with Crippen molar-refractivity contribution in [3.63, 3.8) is 0 Å². The van der Waals surface area contributed by atoms with E-state index in [9.17, 15) is 0 Å². The zero-order valence-corrected chi connectivity index (χ0v) is 17.4. The van der Waals surface area contributed by atoms with Crippen LogP contribution in [0.3, 0.4) is 0 Å². The fourth-order valence-electron chi connectivity index (χ4n) is 4.39. The molecule has 5 nitrogen and oxygen atoms in total. The Balaban J connectivity index is 1.51. The van der Waals surface area contributed by atoms with E-state index in [1.165, 1.54) is 32.4 Å². The first-order chi connectivity index (χ1) is 14.2. The second-order valence-electron chi connectivity index (χ2n) is 7.91. The highest BCUT2D eigenvalue weighted by molar-refractivity contribution is 6.01. The van der Waals surface area contributed by atoms with E-state index >= 15 is 0 Å². The highest BCUT2D eigenvalue weighted by Crippen LogP contribution is 2.37. The first-order valence-corrected chi connectivity index (χ1v) is 10.8. The van der Waals surface area contributed by atoms with Crippen LogP contribution < -0.4 is 16.2 Å². The Labute approximate surface area is 173 Å². The summed E-state index contributed by atoms with van der Waals surface area (Å²) in [5.41, 5.74) is 17.2. The lowest BCUT2D eigenvalue weighted by Gasteiger charge is -2.26. The maximum atomic E-state index is 6.54. The molecule has 4 rings (SSSR count). The second-order valence-corrected chi connectivity index (χ2v) is 7.91. The summed E-state index contributed by atoms with van der Waals surface area (Å²) in [6, 6.07) is 14.1. The summed E-state index contributed by atoms with van der Waals surface area (Å²) in [4.78, 5) is 2.55. The van der Waals surface area contributed by atoms with Crippen molar-refractivity contribution in [1.82, 2.24) is 9.47 Å². The molecule has 2 heterocycles. The van der Waals surface area contributed by atoms with E-state index < -0.39 is 0 Å². The third-order valence-corrected chi connectivity index (χ3v) is 5.91. The Kier molecular flexibility index (Phi) is 5.95. The van der Waals surface area contributed by atoms with Gasteiger partial charge >= 0.3 is 0 Å². The van der Waals surface area contributed by atoms with Crippen molar-refractivity contribution >= 4 is 22.3 Å². The van der Waals surface area contributed by atoms with Gasteiger partial charge in [0.15, 0.2) is 0 Å². The largest absolute Gasteiger partial charge is 0.493 e. The maximum Gasteiger partial charge on any atom is 0.121 e. The molecule has 0 radical (unpaired) electrons. The van der Waals surface area contributed by atoms with Gasteiger partial charge in [-0.15, -0.1) is 0 Å². The molecule has 29 heavy (non-hydrogen) atoms. The Morgan fingerprint density at radius 3 is 2.45 bits per heavy atom. The number of aryl methyl sites for hydroxylation is 1. The number of rotatable bonds is 7. The van der Waals surface area contributed by atoms with Crippen LogP contribution in [0, 0.1) is 0 Å². The van der Waals surface area contributed by atoms with E-state index in [2.05, 4.69) is 28.5 Å². The molecule has 0 spiro atoms. The average molecular weight is 393 g/mol. The third kappa shape index (κ3) is 4.20. The fourth-order valence-corrected chi connectivity index (χ4v) is 4.39. The molecule has 1 fully saturated rings. The van der Waals surface area contributed by atoms with Gasteiger partial charge in [0.25, 0.3) is 0 Å². The van der Waals surface area contributed by atoms with Crippen LogP contribution in [0.1, 0.15) is 32.6 Å². The molecule has 2 aromatic carbocycles. The Morgan fingerprint density at radius 2 is 1.72 bits per heavy atom. The van der Waals surface area contributed by atoms with Crippen LogP contribution in [-0.4, -0.2) is 35.7 Å². The third-order valence-electron chi connectivity index (χ3n) is 5.91. The monoisotopic (exact) mass is 392 g/mol. The number of piperidine rings is 1. The predicted molar refractivity (Wildman–Crippen MR) is 122 cm³/mol. The minimum Gasteiger partial charge on any atom is -0.493 e. The summed E-state index contributed by atoms with van der Waals surface area (Å²) >= 11 is 0. The van der Waals surface area contributed by atoms with Crippen molar-refractivity contribution in [3.8, 4) is 17.0 Å². The highest BCUT2D eigenvalue weighted by Gasteiger charge is 2.16. The van der Waals surface area contributed by atoms with Crippen molar-refractivity contribution in [3.05, 3.63) is 42.5 Å². The minimum atomic E-state index is 0.745. The molecule has 0 bridgehead atoms. The van der Waals surface area contributed by atoms with E-state index in [1.54, 1.807) is 0 Å². The van der Waals surface area contributed by atoms with Crippen molar-refractivity contribution in [2.24, 2.45) is 0 Å². The summed E-state index contributed by atoms with van der Waals surface area (Å²) in [6.45, 7) is 7.33. The van der Waals surface area contributed by atoms with Crippen LogP contribution in [0.15, 0.2) is 42.5 Å². The normalized spacial score (nSPS) is 15.1. The van der Waals surface area contributed by atoms with Crippen molar-refractivity contribution in [2.75, 3.05) is 37.7 Å². The van der Waals surface area contributed by atoms with Crippen LogP contribution in [0.2, 0.25) is 0 Å². The van der Waals surface area contributed by atoms with Crippen molar-refractivity contribution in [1.29, 1.82) is 0 Å². The number of hydrogen-bond acceptors (Lipinski definition) is 4. The van der Waals surface area contributed by atoms with Crippen LogP contribution in [-0.2, 0) is 6.54 Å². The van der Waals surface area contributed by atoms with Crippen molar-refractivity contribution in [2.45, 2.75) is 39.2 Å². The lowest BCUT2D eigenvalue weighted by Crippen LogP contribution is -2.31.